The van der Waals surface area contributed by atoms with E-state index in [4.69, 9.17) is 5.26 Å². The maximum absolute atomic E-state index is 12.9. The zero-order chi connectivity index (χ0) is 19.4. The highest BCUT2D eigenvalue weighted by Crippen LogP contribution is 2.19. The molecule has 134 valence electrons. The number of aromatic nitrogens is 2. The Morgan fingerprint density at radius 1 is 1.15 bits per heavy atom. The molecular formula is C21H18N4O2. The van der Waals surface area contributed by atoms with Crippen LogP contribution in [0.2, 0.25) is 0 Å². The largest absolute Gasteiger partial charge is 0.291 e. The van der Waals surface area contributed by atoms with Crippen LogP contribution in [0.4, 0.5) is 5.69 Å². The van der Waals surface area contributed by atoms with E-state index in [2.05, 4.69) is 4.98 Å². The summed E-state index contributed by atoms with van der Waals surface area (Å²) in [4.78, 5) is 29.7. The number of aryl methyl sites for hydroxylation is 1. The first-order valence-electron chi connectivity index (χ1n) is 8.54. The highest BCUT2D eigenvalue weighted by Gasteiger charge is 2.19. The Kier molecular flexibility index (Phi) is 5.13. The third-order valence-corrected chi connectivity index (χ3v) is 4.11. The van der Waals surface area contributed by atoms with E-state index < -0.39 is 0 Å². The fraction of sp³-hybridized carbons (Fsp3) is 0.143. The molecular weight excluding hydrogens is 340 g/mol. The Bertz CT molecular complexity index is 1060. The van der Waals surface area contributed by atoms with Crippen LogP contribution in [0.1, 0.15) is 25.1 Å². The van der Waals surface area contributed by atoms with Crippen LogP contribution in [0.3, 0.4) is 0 Å². The summed E-state index contributed by atoms with van der Waals surface area (Å²) in [7, 11) is 0. The summed E-state index contributed by atoms with van der Waals surface area (Å²) in [5.74, 6) is -0.325. The average Bonchev–Trinajstić information content (AvgIpc) is 2.70. The van der Waals surface area contributed by atoms with Crippen LogP contribution in [-0.2, 0) is 11.2 Å². The Morgan fingerprint density at radius 3 is 2.37 bits per heavy atom. The molecule has 0 saturated carbocycles. The molecule has 0 saturated heterocycles. The maximum Gasteiger partial charge on any atom is 0.291 e. The SMILES string of the molecule is CCc1nc(-c2ccccc2)cn(N(C(C)=O)c2ccc(C#N)cc2)c1=O. The molecule has 0 spiro atoms. The summed E-state index contributed by atoms with van der Waals surface area (Å²) >= 11 is 0. The van der Waals surface area contributed by atoms with Gasteiger partial charge in [-0.2, -0.15) is 5.26 Å². The van der Waals surface area contributed by atoms with E-state index in [0.29, 0.717) is 29.1 Å². The zero-order valence-corrected chi connectivity index (χ0v) is 15.1. The van der Waals surface area contributed by atoms with Gasteiger partial charge in [0.25, 0.3) is 5.56 Å². The van der Waals surface area contributed by atoms with Crippen molar-refractivity contribution in [2.45, 2.75) is 20.3 Å². The normalized spacial score (nSPS) is 10.3. The summed E-state index contributed by atoms with van der Waals surface area (Å²) in [6.07, 6.45) is 2.01. The first kappa shape index (κ1) is 18.1. The first-order chi connectivity index (χ1) is 13.0. The highest BCUT2D eigenvalue weighted by atomic mass is 16.2. The first-order valence-corrected chi connectivity index (χ1v) is 8.54. The molecule has 0 bridgehead atoms. The van der Waals surface area contributed by atoms with Gasteiger partial charge in [0, 0.05) is 12.5 Å². The van der Waals surface area contributed by atoms with Crippen LogP contribution in [0.15, 0.2) is 65.6 Å². The van der Waals surface area contributed by atoms with Crippen molar-refractivity contribution in [3.8, 4) is 17.3 Å². The molecule has 3 rings (SSSR count). The van der Waals surface area contributed by atoms with Gasteiger partial charge in [0.15, 0.2) is 0 Å². The van der Waals surface area contributed by atoms with Crippen molar-refractivity contribution < 1.29 is 4.79 Å². The topological polar surface area (TPSA) is 79.0 Å². The molecule has 0 N–H and O–H groups in total. The highest BCUT2D eigenvalue weighted by molar-refractivity contribution is 5.91. The predicted molar refractivity (Wildman–Crippen MR) is 103 cm³/mol. The molecule has 1 heterocycles. The number of hydrogen-bond donors (Lipinski definition) is 0. The molecule has 2 aromatic carbocycles. The van der Waals surface area contributed by atoms with Crippen LogP contribution in [0.5, 0.6) is 0 Å². The minimum Gasteiger partial charge on any atom is -0.273 e. The molecule has 0 aliphatic heterocycles. The van der Waals surface area contributed by atoms with Crippen LogP contribution in [0, 0.1) is 11.3 Å². The summed E-state index contributed by atoms with van der Waals surface area (Å²) in [6, 6.07) is 18.0. The Balaban J connectivity index is 2.21. The summed E-state index contributed by atoms with van der Waals surface area (Å²) in [6.45, 7) is 3.24. The van der Waals surface area contributed by atoms with Gasteiger partial charge in [0.1, 0.15) is 5.69 Å². The molecule has 6 nitrogen and oxygen atoms in total. The van der Waals surface area contributed by atoms with Gasteiger partial charge in [0.05, 0.1) is 29.2 Å². The van der Waals surface area contributed by atoms with Gasteiger partial charge in [0.2, 0.25) is 5.91 Å². The molecule has 0 radical (unpaired) electrons. The summed E-state index contributed by atoms with van der Waals surface area (Å²) < 4.78 is 1.29. The number of carbonyl (C=O) groups is 1. The van der Waals surface area contributed by atoms with Crippen molar-refractivity contribution in [1.29, 1.82) is 5.26 Å². The lowest BCUT2D eigenvalue weighted by molar-refractivity contribution is -0.117. The number of rotatable bonds is 4. The second-order valence-corrected chi connectivity index (χ2v) is 5.93. The molecule has 1 aromatic heterocycles. The summed E-state index contributed by atoms with van der Waals surface area (Å²) in [5, 5.41) is 10.3. The van der Waals surface area contributed by atoms with E-state index in [9.17, 15) is 9.59 Å². The minimum atomic E-state index is -0.350. The second-order valence-electron chi connectivity index (χ2n) is 5.93. The predicted octanol–water partition coefficient (Wildman–Crippen LogP) is 3.16. The number of amides is 1. The van der Waals surface area contributed by atoms with Gasteiger partial charge in [-0.3, -0.25) is 9.59 Å². The van der Waals surface area contributed by atoms with E-state index in [1.54, 1.807) is 30.5 Å². The molecule has 0 atom stereocenters. The van der Waals surface area contributed by atoms with Crippen molar-refractivity contribution in [2.24, 2.45) is 0 Å². The second kappa shape index (κ2) is 7.67. The molecule has 27 heavy (non-hydrogen) atoms. The third-order valence-electron chi connectivity index (χ3n) is 4.11. The Labute approximate surface area is 156 Å². The molecule has 0 fully saturated rings. The third kappa shape index (κ3) is 3.62. The molecule has 3 aromatic rings. The number of nitrogens with zero attached hydrogens (tertiary/aromatic N) is 4. The molecule has 6 heteroatoms. The van der Waals surface area contributed by atoms with Crippen molar-refractivity contribution >= 4 is 11.6 Å². The Hall–Kier alpha value is -3.72. The van der Waals surface area contributed by atoms with Gasteiger partial charge in [-0.15, -0.1) is 0 Å². The van der Waals surface area contributed by atoms with Gasteiger partial charge in [-0.05, 0) is 30.7 Å². The molecule has 1 amide bonds. The van der Waals surface area contributed by atoms with E-state index >= 15 is 0 Å². The van der Waals surface area contributed by atoms with Crippen molar-refractivity contribution in [1.82, 2.24) is 9.66 Å². The standard InChI is InChI=1S/C21H18N4O2/c1-3-19-21(27)24(14-20(23-19)17-7-5-4-6-8-17)25(15(2)26)18-11-9-16(13-22)10-12-18/h4-12,14H,3H2,1-2H3. The van der Waals surface area contributed by atoms with Gasteiger partial charge in [-0.25, -0.2) is 14.7 Å². The van der Waals surface area contributed by atoms with Crippen molar-refractivity contribution in [3.05, 3.63) is 82.4 Å². The lowest BCUT2D eigenvalue weighted by atomic mass is 10.1. The van der Waals surface area contributed by atoms with Gasteiger partial charge >= 0.3 is 0 Å². The smallest absolute Gasteiger partial charge is 0.273 e. The van der Waals surface area contributed by atoms with Crippen LogP contribution < -0.4 is 10.6 Å². The quantitative estimate of drug-likeness (QED) is 0.718. The summed E-state index contributed by atoms with van der Waals surface area (Å²) in [5.41, 5.74) is 2.45. The number of nitriles is 1. The zero-order valence-electron chi connectivity index (χ0n) is 15.1. The van der Waals surface area contributed by atoms with E-state index in [0.717, 1.165) is 5.56 Å². The monoisotopic (exact) mass is 358 g/mol. The van der Waals surface area contributed by atoms with E-state index in [-0.39, 0.29) is 11.5 Å². The van der Waals surface area contributed by atoms with Crippen LogP contribution in [-0.4, -0.2) is 15.6 Å². The number of anilines is 1. The van der Waals surface area contributed by atoms with Crippen molar-refractivity contribution in [3.63, 3.8) is 0 Å². The van der Waals surface area contributed by atoms with Crippen molar-refractivity contribution in [2.75, 3.05) is 5.01 Å². The number of carbonyl (C=O) groups excluding carboxylic acids is 1. The van der Waals surface area contributed by atoms with Gasteiger partial charge < -0.3 is 0 Å². The van der Waals surface area contributed by atoms with Gasteiger partial charge in [-0.1, -0.05) is 37.3 Å². The molecule has 0 aliphatic rings. The number of benzene rings is 2. The lowest BCUT2D eigenvalue weighted by Crippen LogP contribution is -2.43. The number of hydrogen-bond acceptors (Lipinski definition) is 4. The van der Waals surface area contributed by atoms with E-state index in [1.807, 2.05) is 43.3 Å². The van der Waals surface area contributed by atoms with Crippen LogP contribution >= 0.6 is 0 Å². The fourth-order valence-corrected chi connectivity index (χ4v) is 2.79. The fourth-order valence-electron chi connectivity index (χ4n) is 2.79. The lowest BCUT2D eigenvalue weighted by Gasteiger charge is -2.24. The van der Waals surface area contributed by atoms with E-state index in [1.165, 1.54) is 16.6 Å². The minimum absolute atomic E-state index is 0.325. The molecule has 0 aliphatic carbocycles. The maximum atomic E-state index is 12.9. The van der Waals surface area contributed by atoms with Crippen LogP contribution in [0.25, 0.3) is 11.3 Å². The Morgan fingerprint density at radius 2 is 1.81 bits per heavy atom. The molecule has 0 unspecified atom stereocenters. The average molecular weight is 358 g/mol.